The van der Waals surface area contributed by atoms with E-state index in [-0.39, 0.29) is 12.0 Å². The van der Waals surface area contributed by atoms with E-state index in [0.717, 1.165) is 16.3 Å². The van der Waals surface area contributed by atoms with Crippen LogP contribution in [0.15, 0.2) is 71.9 Å². The molecule has 0 aliphatic carbocycles. The summed E-state index contributed by atoms with van der Waals surface area (Å²) in [6, 6.07) is 17.0. The first-order chi connectivity index (χ1) is 14.0. The number of thioether (sulfide) groups is 1. The second-order valence-corrected chi connectivity index (χ2v) is 7.71. The summed E-state index contributed by atoms with van der Waals surface area (Å²) < 4.78 is 11.0. The van der Waals surface area contributed by atoms with Crippen molar-refractivity contribution in [3.05, 3.63) is 78.1 Å². The molecular formula is C23H24N2O3S. The number of ether oxygens (including phenoxy) is 2. The van der Waals surface area contributed by atoms with Crippen molar-refractivity contribution >= 4 is 23.4 Å². The van der Waals surface area contributed by atoms with Crippen LogP contribution in [0.4, 0.5) is 5.69 Å². The highest BCUT2D eigenvalue weighted by atomic mass is 32.2. The summed E-state index contributed by atoms with van der Waals surface area (Å²) >= 11 is 1.73. The summed E-state index contributed by atoms with van der Waals surface area (Å²) in [6.45, 7) is 3.89. The zero-order valence-electron chi connectivity index (χ0n) is 16.7. The predicted molar refractivity (Wildman–Crippen MR) is 117 cm³/mol. The maximum atomic E-state index is 12.6. The minimum Gasteiger partial charge on any atom is -0.493 e. The van der Waals surface area contributed by atoms with Crippen LogP contribution in [0.5, 0.6) is 11.5 Å². The number of hydrogen-bond acceptors (Lipinski definition) is 5. The molecule has 3 rings (SSSR count). The Kier molecular flexibility index (Phi) is 7.14. The number of carbonyl (C=O) groups excluding carboxylic acids is 1. The lowest BCUT2D eigenvalue weighted by atomic mass is 10.1. The SMILES string of the molecule is COc1cc(C(=O)Nc2ccc(SCc3cccnc3)cc2)ccc1OC(C)C. The topological polar surface area (TPSA) is 60.5 Å². The number of hydrogen-bond donors (Lipinski definition) is 1. The van der Waals surface area contributed by atoms with Crippen molar-refractivity contribution < 1.29 is 14.3 Å². The number of amides is 1. The molecule has 2 aromatic carbocycles. The fraction of sp³-hybridized carbons (Fsp3) is 0.217. The molecule has 29 heavy (non-hydrogen) atoms. The van der Waals surface area contributed by atoms with Gasteiger partial charge < -0.3 is 14.8 Å². The van der Waals surface area contributed by atoms with E-state index in [1.165, 1.54) is 5.56 Å². The number of nitrogens with zero attached hydrogens (tertiary/aromatic N) is 1. The van der Waals surface area contributed by atoms with Gasteiger partial charge in [-0.25, -0.2) is 0 Å². The smallest absolute Gasteiger partial charge is 0.255 e. The predicted octanol–water partition coefficient (Wildman–Crippen LogP) is 5.42. The number of nitrogens with one attached hydrogen (secondary N) is 1. The standard InChI is InChI=1S/C23H24N2O3S/c1-16(2)28-21-11-6-18(13-22(21)27-3)23(26)25-19-7-9-20(10-8-19)29-15-17-5-4-12-24-14-17/h4-14,16H,15H2,1-3H3,(H,25,26). The van der Waals surface area contributed by atoms with Gasteiger partial charge in [-0.3, -0.25) is 9.78 Å². The summed E-state index contributed by atoms with van der Waals surface area (Å²) in [5.41, 5.74) is 2.42. The molecule has 0 fully saturated rings. The minimum absolute atomic E-state index is 0.0260. The van der Waals surface area contributed by atoms with Crippen LogP contribution in [-0.4, -0.2) is 24.1 Å². The van der Waals surface area contributed by atoms with Gasteiger partial charge in [-0.05, 0) is 67.9 Å². The average molecular weight is 409 g/mol. The summed E-state index contributed by atoms with van der Waals surface area (Å²) in [7, 11) is 1.56. The second-order valence-electron chi connectivity index (χ2n) is 6.66. The monoisotopic (exact) mass is 408 g/mol. The van der Waals surface area contributed by atoms with E-state index < -0.39 is 0 Å². The summed E-state index contributed by atoms with van der Waals surface area (Å²) in [5.74, 6) is 1.81. The Labute approximate surface area is 175 Å². The Morgan fingerprint density at radius 3 is 2.55 bits per heavy atom. The van der Waals surface area contributed by atoms with Gasteiger partial charge in [-0.1, -0.05) is 6.07 Å². The minimum atomic E-state index is -0.199. The molecule has 1 heterocycles. The number of benzene rings is 2. The molecule has 1 aromatic heterocycles. The number of carbonyl (C=O) groups is 1. The van der Waals surface area contributed by atoms with Crippen LogP contribution in [0.2, 0.25) is 0 Å². The molecule has 0 bridgehead atoms. The molecule has 0 saturated carbocycles. The maximum absolute atomic E-state index is 12.6. The van der Waals surface area contributed by atoms with E-state index in [4.69, 9.17) is 9.47 Å². The van der Waals surface area contributed by atoms with Crippen LogP contribution in [0.25, 0.3) is 0 Å². The molecule has 5 nitrogen and oxygen atoms in total. The largest absolute Gasteiger partial charge is 0.493 e. The van der Waals surface area contributed by atoms with Crippen molar-refractivity contribution in [1.82, 2.24) is 4.98 Å². The van der Waals surface area contributed by atoms with Crippen LogP contribution in [0.3, 0.4) is 0 Å². The number of rotatable bonds is 8. The molecule has 0 aliphatic rings. The van der Waals surface area contributed by atoms with E-state index in [0.29, 0.717) is 17.1 Å². The van der Waals surface area contributed by atoms with Crippen LogP contribution >= 0.6 is 11.8 Å². The van der Waals surface area contributed by atoms with Crippen LogP contribution in [0.1, 0.15) is 29.8 Å². The van der Waals surface area contributed by atoms with Gasteiger partial charge >= 0.3 is 0 Å². The van der Waals surface area contributed by atoms with E-state index in [1.54, 1.807) is 43.3 Å². The van der Waals surface area contributed by atoms with Crippen molar-refractivity contribution in [1.29, 1.82) is 0 Å². The van der Waals surface area contributed by atoms with E-state index >= 15 is 0 Å². The van der Waals surface area contributed by atoms with Crippen molar-refractivity contribution in [2.45, 2.75) is 30.6 Å². The van der Waals surface area contributed by atoms with E-state index in [2.05, 4.69) is 16.4 Å². The zero-order valence-corrected chi connectivity index (χ0v) is 17.5. The average Bonchev–Trinajstić information content (AvgIpc) is 2.74. The van der Waals surface area contributed by atoms with Gasteiger partial charge in [-0.15, -0.1) is 11.8 Å². The summed E-state index contributed by atoms with van der Waals surface area (Å²) in [6.07, 6.45) is 3.66. The molecule has 150 valence electrons. The molecule has 6 heteroatoms. The Bertz CT molecular complexity index is 944. The van der Waals surface area contributed by atoms with Crippen LogP contribution in [0, 0.1) is 0 Å². The molecule has 0 radical (unpaired) electrons. The van der Waals surface area contributed by atoms with Gasteiger partial charge in [0.05, 0.1) is 13.2 Å². The van der Waals surface area contributed by atoms with Crippen molar-refractivity contribution in [2.75, 3.05) is 12.4 Å². The Balaban J connectivity index is 1.61. The third-order valence-electron chi connectivity index (χ3n) is 4.03. The Hall–Kier alpha value is -2.99. The van der Waals surface area contributed by atoms with Crippen molar-refractivity contribution in [2.24, 2.45) is 0 Å². The maximum Gasteiger partial charge on any atom is 0.255 e. The number of aromatic nitrogens is 1. The highest BCUT2D eigenvalue weighted by molar-refractivity contribution is 7.98. The van der Waals surface area contributed by atoms with Gasteiger partial charge in [0.15, 0.2) is 11.5 Å². The van der Waals surface area contributed by atoms with Crippen LogP contribution in [-0.2, 0) is 5.75 Å². The number of methoxy groups -OCH3 is 1. The number of pyridine rings is 1. The Morgan fingerprint density at radius 2 is 1.90 bits per heavy atom. The fourth-order valence-electron chi connectivity index (χ4n) is 2.65. The molecular weight excluding hydrogens is 384 g/mol. The van der Waals surface area contributed by atoms with Crippen LogP contribution < -0.4 is 14.8 Å². The molecule has 0 atom stereocenters. The van der Waals surface area contributed by atoms with E-state index in [1.807, 2.05) is 50.4 Å². The second kappa shape index (κ2) is 9.98. The lowest BCUT2D eigenvalue weighted by Gasteiger charge is -2.14. The number of anilines is 1. The van der Waals surface area contributed by atoms with Gasteiger partial charge in [0.1, 0.15) is 0 Å². The first kappa shape index (κ1) is 20.7. The third kappa shape index (κ3) is 5.99. The van der Waals surface area contributed by atoms with E-state index in [9.17, 15) is 4.79 Å². The zero-order chi connectivity index (χ0) is 20.6. The highest BCUT2D eigenvalue weighted by Gasteiger charge is 2.12. The van der Waals surface area contributed by atoms with Gasteiger partial charge in [0.25, 0.3) is 5.91 Å². The lowest BCUT2D eigenvalue weighted by Crippen LogP contribution is -2.12. The van der Waals surface area contributed by atoms with Gasteiger partial charge in [0.2, 0.25) is 0 Å². The molecule has 1 amide bonds. The Morgan fingerprint density at radius 1 is 1.10 bits per heavy atom. The fourth-order valence-corrected chi connectivity index (χ4v) is 3.48. The third-order valence-corrected chi connectivity index (χ3v) is 5.11. The first-order valence-corrected chi connectivity index (χ1v) is 10.3. The quantitative estimate of drug-likeness (QED) is 0.504. The molecule has 3 aromatic rings. The van der Waals surface area contributed by atoms with Crippen molar-refractivity contribution in [3.8, 4) is 11.5 Å². The molecule has 0 unspecified atom stereocenters. The molecule has 0 spiro atoms. The van der Waals surface area contributed by atoms with Gasteiger partial charge in [-0.2, -0.15) is 0 Å². The van der Waals surface area contributed by atoms with Gasteiger partial charge in [0, 0.05) is 34.3 Å². The molecule has 1 N–H and O–H groups in total. The lowest BCUT2D eigenvalue weighted by molar-refractivity contribution is 0.102. The van der Waals surface area contributed by atoms with Crippen molar-refractivity contribution in [3.63, 3.8) is 0 Å². The molecule has 0 saturated heterocycles. The summed E-state index contributed by atoms with van der Waals surface area (Å²) in [5, 5.41) is 2.92. The molecule has 0 aliphatic heterocycles. The first-order valence-electron chi connectivity index (χ1n) is 9.33. The normalized spacial score (nSPS) is 10.6. The highest BCUT2D eigenvalue weighted by Crippen LogP contribution is 2.29. The summed E-state index contributed by atoms with van der Waals surface area (Å²) in [4.78, 5) is 17.8.